The fraction of sp³-hybridized carbons (Fsp3) is 0.318. The molecule has 0 unspecified atom stereocenters. The number of hydrogen-bond donors (Lipinski definition) is 1. The minimum Gasteiger partial charge on any atom is -0.352 e. The van der Waals surface area contributed by atoms with Crippen LogP contribution in [0.1, 0.15) is 18.2 Å². The van der Waals surface area contributed by atoms with Crippen LogP contribution in [0.2, 0.25) is 0 Å². The number of nitrogens with one attached hydrogen (secondary N) is 1. The van der Waals surface area contributed by atoms with Crippen LogP contribution in [0.25, 0.3) is 16.5 Å². The van der Waals surface area contributed by atoms with Gasteiger partial charge in [0, 0.05) is 67.5 Å². The standard InChI is InChI=1S/C22H24FN3O3S/c1-16(27)25-12-14-26(15-13-25)22(29)10-11-24-21(28)9-7-17-6-8-20(30-17)18-4-2-3-5-19(18)23/h2-9H,10-15H2,1H3,(H,24,28)/b9-7+. The lowest BCUT2D eigenvalue weighted by Crippen LogP contribution is -2.50. The van der Waals surface area contributed by atoms with Gasteiger partial charge in [0.05, 0.1) is 0 Å². The van der Waals surface area contributed by atoms with Crippen LogP contribution in [0.5, 0.6) is 0 Å². The first-order valence-corrected chi connectivity index (χ1v) is 10.6. The van der Waals surface area contributed by atoms with Gasteiger partial charge in [-0.25, -0.2) is 4.39 Å². The molecule has 0 aliphatic carbocycles. The first-order valence-electron chi connectivity index (χ1n) is 9.78. The molecule has 1 aliphatic heterocycles. The van der Waals surface area contributed by atoms with Crippen LogP contribution in [0.15, 0.2) is 42.5 Å². The van der Waals surface area contributed by atoms with Crippen molar-refractivity contribution in [2.75, 3.05) is 32.7 Å². The minimum absolute atomic E-state index is 0.0212. The third-order valence-electron chi connectivity index (χ3n) is 4.88. The van der Waals surface area contributed by atoms with Crippen LogP contribution in [-0.4, -0.2) is 60.2 Å². The number of hydrogen-bond acceptors (Lipinski definition) is 4. The SMILES string of the molecule is CC(=O)N1CCN(C(=O)CCNC(=O)/C=C/c2ccc(-c3ccccc3F)s2)CC1. The number of halogens is 1. The molecule has 1 aliphatic rings. The van der Waals surface area contributed by atoms with Crippen molar-refractivity contribution >= 4 is 35.1 Å². The Morgan fingerprint density at radius 1 is 1.07 bits per heavy atom. The third-order valence-corrected chi connectivity index (χ3v) is 5.96. The first kappa shape index (κ1) is 21.7. The number of nitrogens with zero attached hydrogens (tertiary/aromatic N) is 2. The summed E-state index contributed by atoms with van der Waals surface area (Å²) in [7, 11) is 0. The second kappa shape index (κ2) is 10.2. The second-order valence-electron chi connectivity index (χ2n) is 6.94. The van der Waals surface area contributed by atoms with Crippen LogP contribution in [0.4, 0.5) is 4.39 Å². The van der Waals surface area contributed by atoms with E-state index in [-0.39, 0.29) is 36.5 Å². The number of benzene rings is 1. The Balaban J connectivity index is 1.42. The van der Waals surface area contributed by atoms with E-state index in [9.17, 15) is 18.8 Å². The van der Waals surface area contributed by atoms with Crippen molar-refractivity contribution in [2.45, 2.75) is 13.3 Å². The molecule has 0 atom stereocenters. The Hall–Kier alpha value is -3.00. The minimum atomic E-state index is -0.287. The van der Waals surface area contributed by atoms with Gasteiger partial charge in [-0.2, -0.15) is 0 Å². The summed E-state index contributed by atoms with van der Waals surface area (Å²) in [6.45, 7) is 3.92. The van der Waals surface area contributed by atoms with E-state index in [4.69, 9.17) is 0 Å². The summed E-state index contributed by atoms with van der Waals surface area (Å²) in [5.74, 6) is -0.576. The predicted molar refractivity (Wildman–Crippen MR) is 115 cm³/mol. The van der Waals surface area contributed by atoms with Crippen molar-refractivity contribution in [1.29, 1.82) is 0 Å². The lowest BCUT2D eigenvalue weighted by Gasteiger charge is -2.34. The molecule has 3 amide bonds. The molecule has 30 heavy (non-hydrogen) atoms. The molecule has 1 aromatic carbocycles. The Kier molecular flexibility index (Phi) is 7.35. The van der Waals surface area contributed by atoms with E-state index in [0.717, 1.165) is 9.75 Å². The molecule has 1 saturated heterocycles. The molecule has 158 valence electrons. The summed E-state index contributed by atoms with van der Waals surface area (Å²) in [4.78, 5) is 40.6. The van der Waals surface area contributed by atoms with Gasteiger partial charge in [-0.15, -0.1) is 11.3 Å². The summed E-state index contributed by atoms with van der Waals surface area (Å²) in [6, 6.07) is 10.2. The fourth-order valence-corrected chi connectivity index (χ4v) is 4.12. The van der Waals surface area contributed by atoms with Crippen LogP contribution in [0, 0.1) is 5.82 Å². The van der Waals surface area contributed by atoms with E-state index in [1.54, 1.807) is 34.1 Å². The largest absolute Gasteiger partial charge is 0.352 e. The lowest BCUT2D eigenvalue weighted by molar-refractivity contribution is -0.138. The predicted octanol–water partition coefficient (Wildman–Crippen LogP) is 2.76. The van der Waals surface area contributed by atoms with Crippen molar-refractivity contribution in [1.82, 2.24) is 15.1 Å². The average Bonchev–Trinajstić information content (AvgIpc) is 3.21. The zero-order valence-corrected chi connectivity index (χ0v) is 17.6. The molecular weight excluding hydrogens is 405 g/mol. The maximum atomic E-state index is 13.9. The van der Waals surface area contributed by atoms with E-state index in [1.165, 1.54) is 30.4 Å². The normalized spacial score (nSPS) is 14.2. The summed E-state index contributed by atoms with van der Waals surface area (Å²) in [5, 5.41) is 2.70. The van der Waals surface area contributed by atoms with E-state index < -0.39 is 0 Å². The first-order chi connectivity index (χ1) is 14.4. The number of thiophene rings is 1. The highest BCUT2D eigenvalue weighted by molar-refractivity contribution is 7.16. The molecule has 0 spiro atoms. The molecule has 0 bridgehead atoms. The molecule has 6 nitrogen and oxygen atoms in total. The summed E-state index contributed by atoms with van der Waals surface area (Å²) in [5.41, 5.74) is 0.536. The molecule has 1 fully saturated rings. The molecular formula is C22H24FN3O3S. The summed E-state index contributed by atoms with van der Waals surface area (Å²) < 4.78 is 13.9. The zero-order chi connectivity index (χ0) is 21.5. The molecule has 2 aromatic rings. The van der Waals surface area contributed by atoms with Gasteiger partial charge in [0.1, 0.15) is 5.82 Å². The van der Waals surface area contributed by atoms with Gasteiger partial charge < -0.3 is 15.1 Å². The van der Waals surface area contributed by atoms with Crippen molar-refractivity contribution in [3.05, 3.63) is 53.2 Å². The summed E-state index contributed by atoms with van der Waals surface area (Å²) in [6.07, 6.45) is 3.30. The van der Waals surface area contributed by atoms with E-state index >= 15 is 0 Å². The van der Waals surface area contributed by atoms with E-state index in [2.05, 4.69) is 5.32 Å². The van der Waals surface area contributed by atoms with Gasteiger partial charge in [-0.1, -0.05) is 18.2 Å². The zero-order valence-electron chi connectivity index (χ0n) is 16.8. The number of amides is 3. The summed E-state index contributed by atoms with van der Waals surface area (Å²) >= 11 is 1.40. The molecule has 1 N–H and O–H groups in total. The molecule has 0 radical (unpaired) electrons. The fourth-order valence-electron chi connectivity index (χ4n) is 3.19. The Morgan fingerprint density at radius 2 is 1.77 bits per heavy atom. The van der Waals surface area contributed by atoms with Gasteiger partial charge in [0.2, 0.25) is 17.7 Å². The molecule has 3 rings (SSSR count). The number of rotatable bonds is 6. The van der Waals surface area contributed by atoms with Crippen molar-refractivity contribution in [2.24, 2.45) is 0 Å². The van der Waals surface area contributed by atoms with Crippen molar-refractivity contribution < 1.29 is 18.8 Å². The Morgan fingerprint density at radius 3 is 2.47 bits per heavy atom. The van der Waals surface area contributed by atoms with Crippen LogP contribution >= 0.6 is 11.3 Å². The quantitative estimate of drug-likeness (QED) is 0.718. The maximum Gasteiger partial charge on any atom is 0.244 e. The topological polar surface area (TPSA) is 69.7 Å². The van der Waals surface area contributed by atoms with Gasteiger partial charge in [-0.3, -0.25) is 14.4 Å². The average molecular weight is 430 g/mol. The molecule has 2 heterocycles. The smallest absolute Gasteiger partial charge is 0.244 e. The second-order valence-corrected chi connectivity index (χ2v) is 8.06. The van der Waals surface area contributed by atoms with Gasteiger partial charge in [-0.05, 0) is 24.3 Å². The van der Waals surface area contributed by atoms with E-state index in [1.807, 2.05) is 12.1 Å². The van der Waals surface area contributed by atoms with Crippen molar-refractivity contribution in [3.8, 4) is 10.4 Å². The van der Waals surface area contributed by atoms with Gasteiger partial charge >= 0.3 is 0 Å². The monoisotopic (exact) mass is 429 g/mol. The lowest BCUT2D eigenvalue weighted by atomic mass is 10.2. The molecule has 1 aromatic heterocycles. The van der Waals surface area contributed by atoms with Gasteiger partial charge in [0.15, 0.2) is 0 Å². The van der Waals surface area contributed by atoms with Gasteiger partial charge in [0.25, 0.3) is 0 Å². The van der Waals surface area contributed by atoms with E-state index in [0.29, 0.717) is 31.7 Å². The molecule has 0 saturated carbocycles. The third kappa shape index (κ3) is 5.76. The Bertz CT molecular complexity index is 949. The van der Waals surface area contributed by atoms with Crippen molar-refractivity contribution in [3.63, 3.8) is 0 Å². The highest BCUT2D eigenvalue weighted by Crippen LogP contribution is 2.30. The highest BCUT2D eigenvalue weighted by Gasteiger charge is 2.21. The van der Waals surface area contributed by atoms with Crippen LogP contribution in [0.3, 0.4) is 0 Å². The van der Waals surface area contributed by atoms with Crippen LogP contribution in [-0.2, 0) is 14.4 Å². The van der Waals surface area contributed by atoms with Crippen LogP contribution < -0.4 is 5.32 Å². The number of carbonyl (C=O) groups excluding carboxylic acids is 3. The number of piperazine rings is 1. The Labute approximate surface area is 179 Å². The highest BCUT2D eigenvalue weighted by atomic mass is 32.1. The number of carbonyl (C=O) groups is 3. The molecule has 8 heteroatoms. The maximum absolute atomic E-state index is 13.9.